The molecule has 0 aliphatic rings. The number of hydrogen-bond acceptors (Lipinski definition) is 5. The van der Waals surface area contributed by atoms with Crippen molar-refractivity contribution in [2.24, 2.45) is 0 Å². The zero-order chi connectivity index (χ0) is 11.7. The number of carbonyl (C=O) groups is 1. The molecule has 0 aliphatic heterocycles. The fourth-order valence-corrected chi connectivity index (χ4v) is 0.870. The fourth-order valence-electron chi connectivity index (χ4n) is 0.870. The normalized spacial score (nSPS) is 14.0. The molecule has 0 rings (SSSR count). The minimum Gasteiger partial charge on any atom is -0.469 e. The molecule has 0 bridgehead atoms. The maximum absolute atomic E-state index is 10.7. The molecule has 0 saturated carbocycles. The summed E-state index contributed by atoms with van der Waals surface area (Å²) in [7, 11) is 1.24. The molecule has 5 heteroatoms. The zero-order valence-electron chi connectivity index (χ0n) is 8.68. The molecule has 0 aromatic carbocycles. The van der Waals surface area contributed by atoms with Crippen LogP contribution in [0.3, 0.4) is 0 Å². The Balaban J connectivity index is 3.51. The predicted octanol–water partition coefficient (Wildman–Crippen LogP) is -0.689. The Labute approximate surface area is 89.0 Å². The lowest BCUT2D eigenvalue weighted by molar-refractivity contribution is -0.143. The highest BCUT2D eigenvalue weighted by Crippen LogP contribution is 1.97. The average Bonchev–Trinajstić information content (AvgIpc) is 2.18. The highest BCUT2D eigenvalue weighted by Gasteiger charge is 2.11. The first kappa shape index (κ1) is 13.9. The van der Waals surface area contributed by atoms with E-state index in [0.29, 0.717) is 0 Å². The largest absolute Gasteiger partial charge is 0.469 e. The first-order valence-corrected chi connectivity index (χ1v) is 4.54. The molecule has 86 valence electrons. The third-order valence-electron chi connectivity index (χ3n) is 1.60. The lowest BCUT2D eigenvalue weighted by atomic mass is 10.2. The topological polar surface area (TPSA) is 76.0 Å². The second-order valence-electron chi connectivity index (χ2n) is 3.03. The summed E-state index contributed by atoms with van der Waals surface area (Å²) in [6.07, 6.45) is 3.39. The molecule has 0 aliphatic carbocycles. The molecule has 0 radical (unpaired) electrons. The standard InChI is InChI=1S/C10H16O5/c1-3-4-8(11)6-15-7-9(12)5-10(13)14-2/h1,8-9,11-12H,4-7H2,2H3. The molecule has 0 spiro atoms. The molecular weight excluding hydrogens is 200 g/mol. The van der Waals surface area contributed by atoms with E-state index in [9.17, 15) is 9.90 Å². The maximum Gasteiger partial charge on any atom is 0.308 e. The smallest absolute Gasteiger partial charge is 0.308 e. The lowest BCUT2D eigenvalue weighted by Crippen LogP contribution is -2.23. The van der Waals surface area contributed by atoms with Gasteiger partial charge in [-0.15, -0.1) is 12.3 Å². The van der Waals surface area contributed by atoms with E-state index < -0.39 is 18.2 Å². The van der Waals surface area contributed by atoms with Gasteiger partial charge in [0.2, 0.25) is 0 Å². The van der Waals surface area contributed by atoms with E-state index in [1.165, 1.54) is 7.11 Å². The van der Waals surface area contributed by atoms with Crippen molar-refractivity contribution in [1.82, 2.24) is 0 Å². The summed E-state index contributed by atoms with van der Waals surface area (Å²) in [4.78, 5) is 10.7. The number of rotatable bonds is 7. The number of hydrogen-bond donors (Lipinski definition) is 2. The molecule has 2 N–H and O–H groups in total. The average molecular weight is 216 g/mol. The van der Waals surface area contributed by atoms with Crippen LogP contribution < -0.4 is 0 Å². The molecule has 0 fully saturated rings. The van der Waals surface area contributed by atoms with Crippen molar-refractivity contribution in [3.05, 3.63) is 0 Å². The van der Waals surface area contributed by atoms with Crippen LogP contribution in [-0.4, -0.2) is 48.7 Å². The van der Waals surface area contributed by atoms with Crippen molar-refractivity contribution < 1.29 is 24.5 Å². The van der Waals surface area contributed by atoms with Crippen molar-refractivity contribution in [3.8, 4) is 12.3 Å². The van der Waals surface area contributed by atoms with Crippen molar-refractivity contribution in [1.29, 1.82) is 0 Å². The molecule has 0 aromatic rings. The Morgan fingerprint density at radius 3 is 2.53 bits per heavy atom. The van der Waals surface area contributed by atoms with E-state index in [4.69, 9.17) is 16.3 Å². The van der Waals surface area contributed by atoms with Gasteiger partial charge in [-0.1, -0.05) is 0 Å². The lowest BCUT2D eigenvalue weighted by Gasteiger charge is -2.11. The van der Waals surface area contributed by atoms with Gasteiger partial charge in [0.25, 0.3) is 0 Å². The van der Waals surface area contributed by atoms with Crippen LogP contribution in [0.4, 0.5) is 0 Å². The minimum absolute atomic E-state index is 0.0310. The summed E-state index contributed by atoms with van der Waals surface area (Å²) < 4.78 is 9.31. The number of terminal acetylenes is 1. The van der Waals surface area contributed by atoms with Crippen molar-refractivity contribution in [2.45, 2.75) is 25.0 Å². The maximum atomic E-state index is 10.7. The summed E-state index contributed by atoms with van der Waals surface area (Å²) in [6.45, 7) is 0.0131. The Bertz CT molecular complexity index is 220. The van der Waals surface area contributed by atoms with Crippen LogP contribution in [0, 0.1) is 12.3 Å². The third kappa shape index (κ3) is 7.94. The van der Waals surface area contributed by atoms with Crippen LogP contribution in [0.1, 0.15) is 12.8 Å². The van der Waals surface area contributed by atoms with Crippen molar-refractivity contribution in [2.75, 3.05) is 20.3 Å². The number of aliphatic hydroxyl groups excluding tert-OH is 2. The number of esters is 1. The molecule has 2 unspecified atom stereocenters. The molecule has 0 aromatic heterocycles. The van der Waals surface area contributed by atoms with Gasteiger partial charge >= 0.3 is 5.97 Å². The SMILES string of the molecule is C#CCC(O)COCC(O)CC(=O)OC. The van der Waals surface area contributed by atoms with Crippen LogP contribution in [0.25, 0.3) is 0 Å². The molecule has 0 heterocycles. The monoisotopic (exact) mass is 216 g/mol. The van der Waals surface area contributed by atoms with Gasteiger partial charge in [-0.25, -0.2) is 0 Å². The Kier molecular flexibility index (Phi) is 7.64. The fraction of sp³-hybridized carbons (Fsp3) is 0.700. The van der Waals surface area contributed by atoms with E-state index in [1.54, 1.807) is 0 Å². The second-order valence-corrected chi connectivity index (χ2v) is 3.03. The van der Waals surface area contributed by atoms with E-state index >= 15 is 0 Å². The van der Waals surface area contributed by atoms with Gasteiger partial charge in [0.15, 0.2) is 0 Å². The molecule has 2 atom stereocenters. The van der Waals surface area contributed by atoms with Crippen molar-refractivity contribution >= 4 is 5.97 Å². The van der Waals surface area contributed by atoms with Crippen LogP contribution in [0.5, 0.6) is 0 Å². The quantitative estimate of drug-likeness (QED) is 0.435. The van der Waals surface area contributed by atoms with E-state index in [1.807, 2.05) is 0 Å². The molecule has 0 amide bonds. The van der Waals surface area contributed by atoms with E-state index in [0.717, 1.165) is 0 Å². The Morgan fingerprint density at radius 2 is 2.00 bits per heavy atom. The van der Waals surface area contributed by atoms with E-state index in [-0.39, 0.29) is 26.1 Å². The van der Waals surface area contributed by atoms with E-state index in [2.05, 4.69) is 10.7 Å². The van der Waals surface area contributed by atoms with Gasteiger partial charge in [0.1, 0.15) is 0 Å². The molecule has 0 saturated heterocycles. The summed E-state index contributed by atoms with van der Waals surface area (Å²) in [5.41, 5.74) is 0. The van der Waals surface area contributed by atoms with Gasteiger partial charge < -0.3 is 19.7 Å². The Morgan fingerprint density at radius 1 is 1.40 bits per heavy atom. The summed E-state index contributed by atoms with van der Waals surface area (Å²) >= 11 is 0. The van der Waals surface area contributed by atoms with Gasteiger partial charge in [0, 0.05) is 6.42 Å². The first-order valence-electron chi connectivity index (χ1n) is 4.54. The second kappa shape index (κ2) is 8.24. The van der Waals surface area contributed by atoms with Crippen LogP contribution in [0.15, 0.2) is 0 Å². The summed E-state index contributed by atoms with van der Waals surface area (Å²) in [6, 6.07) is 0. The zero-order valence-corrected chi connectivity index (χ0v) is 8.68. The predicted molar refractivity (Wildman–Crippen MR) is 52.9 cm³/mol. The number of aliphatic hydroxyl groups is 2. The number of methoxy groups -OCH3 is 1. The van der Waals surface area contributed by atoms with Gasteiger partial charge in [-0.05, 0) is 0 Å². The van der Waals surface area contributed by atoms with Crippen molar-refractivity contribution in [3.63, 3.8) is 0 Å². The van der Waals surface area contributed by atoms with Crippen LogP contribution in [0.2, 0.25) is 0 Å². The number of ether oxygens (including phenoxy) is 2. The first-order chi connectivity index (χ1) is 7.10. The highest BCUT2D eigenvalue weighted by atomic mass is 16.5. The minimum atomic E-state index is -0.921. The Hall–Kier alpha value is -1.09. The third-order valence-corrected chi connectivity index (χ3v) is 1.60. The summed E-state index contributed by atoms with van der Waals surface area (Å²) in [5.74, 6) is 1.78. The molecular formula is C10H16O5. The summed E-state index contributed by atoms with van der Waals surface area (Å²) in [5, 5.41) is 18.4. The molecule has 5 nitrogen and oxygen atoms in total. The van der Waals surface area contributed by atoms with Crippen LogP contribution in [-0.2, 0) is 14.3 Å². The highest BCUT2D eigenvalue weighted by molar-refractivity contribution is 5.69. The van der Waals surface area contributed by atoms with Gasteiger partial charge in [0.05, 0.1) is 39.0 Å². The van der Waals surface area contributed by atoms with Gasteiger partial charge in [-0.2, -0.15) is 0 Å². The number of carbonyl (C=O) groups excluding carboxylic acids is 1. The van der Waals surface area contributed by atoms with Crippen LogP contribution >= 0.6 is 0 Å². The van der Waals surface area contributed by atoms with Gasteiger partial charge in [-0.3, -0.25) is 4.79 Å². The molecule has 15 heavy (non-hydrogen) atoms.